The predicted octanol–water partition coefficient (Wildman–Crippen LogP) is 3.70. The number of pyridine rings is 1. The molecule has 0 spiro atoms. The Balaban J connectivity index is 2.66. The number of nitrogens with one attached hydrogen (secondary N) is 1. The van der Waals surface area contributed by atoms with Crippen LogP contribution in [0.4, 0.5) is 5.82 Å². The lowest BCUT2D eigenvalue weighted by molar-refractivity contribution is 0.548. The van der Waals surface area contributed by atoms with Crippen LogP contribution in [-0.4, -0.2) is 24.6 Å². The van der Waals surface area contributed by atoms with Crippen LogP contribution in [-0.2, 0) is 6.54 Å². The Hall–Kier alpha value is -1.09. The molecule has 0 saturated heterocycles. The van der Waals surface area contributed by atoms with E-state index in [0.29, 0.717) is 11.8 Å². The highest BCUT2D eigenvalue weighted by atomic mass is 15.2. The number of aromatic nitrogens is 1. The van der Waals surface area contributed by atoms with E-state index in [1.165, 1.54) is 12.0 Å². The van der Waals surface area contributed by atoms with E-state index in [9.17, 15) is 0 Å². The summed E-state index contributed by atoms with van der Waals surface area (Å²) in [6.07, 6.45) is 3.17. The van der Waals surface area contributed by atoms with Gasteiger partial charge < -0.3 is 10.2 Å². The average Bonchev–Trinajstić information content (AvgIpc) is 2.38. The summed E-state index contributed by atoms with van der Waals surface area (Å²) < 4.78 is 0. The third-order valence-corrected chi connectivity index (χ3v) is 3.06. The Morgan fingerprint density at radius 1 is 1.10 bits per heavy atom. The quantitative estimate of drug-likeness (QED) is 0.698. The van der Waals surface area contributed by atoms with Crippen LogP contribution < -0.4 is 10.2 Å². The summed E-state index contributed by atoms with van der Waals surface area (Å²) in [6.45, 7) is 15.3. The molecule has 114 valence electrons. The molecule has 1 aromatic rings. The van der Waals surface area contributed by atoms with Crippen molar-refractivity contribution in [2.45, 2.75) is 47.6 Å². The molecule has 0 aromatic carbocycles. The minimum absolute atomic E-state index is 0.654. The molecule has 1 aromatic heterocycles. The second-order valence-corrected chi connectivity index (χ2v) is 6.39. The van der Waals surface area contributed by atoms with Crippen LogP contribution >= 0.6 is 0 Å². The van der Waals surface area contributed by atoms with Gasteiger partial charge in [0.25, 0.3) is 0 Å². The van der Waals surface area contributed by atoms with Crippen molar-refractivity contribution in [3.63, 3.8) is 0 Å². The zero-order valence-corrected chi connectivity index (χ0v) is 13.8. The SMILES string of the molecule is CCCNCc1ccc(N(CC(C)C)CC(C)C)nc1. The Morgan fingerprint density at radius 3 is 2.20 bits per heavy atom. The van der Waals surface area contributed by atoms with Gasteiger partial charge in [0.05, 0.1) is 0 Å². The van der Waals surface area contributed by atoms with Crippen molar-refractivity contribution in [2.24, 2.45) is 11.8 Å². The van der Waals surface area contributed by atoms with E-state index in [4.69, 9.17) is 0 Å². The summed E-state index contributed by atoms with van der Waals surface area (Å²) in [6, 6.07) is 4.35. The van der Waals surface area contributed by atoms with E-state index in [0.717, 1.165) is 32.0 Å². The molecule has 0 atom stereocenters. The zero-order chi connectivity index (χ0) is 15.0. The van der Waals surface area contributed by atoms with Crippen LogP contribution in [0.15, 0.2) is 18.3 Å². The molecule has 3 heteroatoms. The molecule has 1 N–H and O–H groups in total. The van der Waals surface area contributed by atoms with Gasteiger partial charge in [-0.2, -0.15) is 0 Å². The van der Waals surface area contributed by atoms with E-state index < -0.39 is 0 Å². The van der Waals surface area contributed by atoms with E-state index in [2.05, 4.69) is 62.0 Å². The molecule has 0 fully saturated rings. The van der Waals surface area contributed by atoms with Gasteiger partial charge in [0.1, 0.15) is 5.82 Å². The average molecular weight is 277 g/mol. The molecule has 0 saturated carbocycles. The first-order chi connectivity index (χ1) is 9.52. The first kappa shape index (κ1) is 17.0. The van der Waals surface area contributed by atoms with Crippen LogP contribution in [0, 0.1) is 11.8 Å². The van der Waals surface area contributed by atoms with Crippen molar-refractivity contribution in [3.8, 4) is 0 Å². The fourth-order valence-corrected chi connectivity index (χ4v) is 2.26. The summed E-state index contributed by atoms with van der Waals surface area (Å²) in [5.74, 6) is 2.41. The van der Waals surface area contributed by atoms with E-state index in [1.807, 2.05) is 6.20 Å². The molecular weight excluding hydrogens is 246 g/mol. The lowest BCUT2D eigenvalue weighted by Gasteiger charge is -2.27. The maximum atomic E-state index is 4.65. The molecule has 0 aliphatic heterocycles. The lowest BCUT2D eigenvalue weighted by Crippen LogP contribution is -2.32. The van der Waals surface area contributed by atoms with Gasteiger partial charge in [-0.3, -0.25) is 0 Å². The molecule has 0 aliphatic carbocycles. The maximum absolute atomic E-state index is 4.65. The summed E-state index contributed by atoms with van der Waals surface area (Å²) >= 11 is 0. The molecule has 0 aliphatic rings. The van der Waals surface area contributed by atoms with Crippen molar-refractivity contribution in [1.29, 1.82) is 0 Å². The fourth-order valence-electron chi connectivity index (χ4n) is 2.26. The molecule has 0 amide bonds. The number of nitrogens with zero attached hydrogens (tertiary/aromatic N) is 2. The Kier molecular flexibility index (Phi) is 7.60. The summed E-state index contributed by atoms with van der Waals surface area (Å²) in [7, 11) is 0. The topological polar surface area (TPSA) is 28.2 Å². The Bertz CT molecular complexity index is 347. The Labute approximate surface area is 124 Å². The molecule has 20 heavy (non-hydrogen) atoms. The number of hydrogen-bond donors (Lipinski definition) is 1. The van der Waals surface area contributed by atoms with E-state index >= 15 is 0 Å². The maximum Gasteiger partial charge on any atom is 0.128 e. The monoisotopic (exact) mass is 277 g/mol. The van der Waals surface area contributed by atoms with E-state index in [1.54, 1.807) is 0 Å². The number of anilines is 1. The lowest BCUT2D eigenvalue weighted by atomic mass is 10.1. The van der Waals surface area contributed by atoms with Crippen molar-refractivity contribution in [3.05, 3.63) is 23.9 Å². The molecule has 3 nitrogen and oxygen atoms in total. The van der Waals surface area contributed by atoms with Gasteiger partial charge in [-0.25, -0.2) is 4.98 Å². The van der Waals surface area contributed by atoms with Crippen LogP contribution in [0.1, 0.15) is 46.6 Å². The number of hydrogen-bond acceptors (Lipinski definition) is 3. The van der Waals surface area contributed by atoms with Crippen LogP contribution in [0.3, 0.4) is 0 Å². The number of rotatable bonds is 9. The third kappa shape index (κ3) is 6.38. The van der Waals surface area contributed by atoms with E-state index in [-0.39, 0.29) is 0 Å². The molecule has 0 unspecified atom stereocenters. The minimum Gasteiger partial charge on any atom is -0.356 e. The van der Waals surface area contributed by atoms with Crippen molar-refractivity contribution in [2.75, 3.05) is 24.5 Å². The van der Waals surface area contributed by atoms with Crippen LogP contribution in [0.2, 0.25) is 0 Å². The van der Waals surface area contributed by atoms with Gasteiger partial charge in [0, 0.05) is 25.8 Å². The van der Waals surface area contributed by atoms with Gasteiger partial charge in [-0.15, -0.1) is 0 Å². The molecule has 1 heterocycles. The zero-order valence-electron chi connectivity index (χ0n) is 13.8. The largest absolute Gasteiger partial charge is 0.356 e. The third-order valence-electron chi connectivity index (χ3n) is 3.06. The van der Waals surface area contributed by atoms with Gasteiger partial charge in [0.15, 0.2) is 0 Å². The van der Waals surface area contributed by atoms with Gasteiger partial charge in [-0.1, -0.05) is 40.7 Å². The van der Waals surface area contributed by atoms with Crippen molar-refractivity contribution < 1.29 is 0 Å². The Morgan fingerprint density at radius 2 is 1.75 bits per heavy atom. The first-order valence-electron chi connectivity index (χ1n) is 7.93. The highest BCUT2D eigenvalue weighted by molar-refractivity contribution is 5.39. The standard InChI is InChI=1S/C17H31N3/c1-6-9-18-10-16-7-8-17(19-11-16)20(12-14(2)3)13-15(4)5/h7-8,11,14-15,18H,6,9-10,12-13H2,1-5H3. The summed E-state index contributed by atoms with van der Waals surface area (Å²) in [5, 5.41) is 3.41. The summed E-state index contributed by atoms with van der Waals surface area (Å²) in [4.78, 5) is 7.05. The highest BCUT2D eigenvalue weighted by Gasteiger charge is 2.11. The van der Waals surface area contributed by atoms with Crippen LogP contribution in [0.25, 0.3) is 0 Å². The van der Waals surface area contributed by atoms with Gasteiger partial charge in [0.2, 0.25) is 0 Å². The summed E-state index contributed by atoms with van der Waals surface area (Å²) in [5.41, 5.74) is 1.26. The predicted molar refractivity (Wildman–Crippen MR) is 88.1 cm³/mol. The molecule has 0 radical (unpaired) electrons. The molecular formula is C17H31N3. The minimum atomic E-state index is 0.654. The first-order valence-corrected chi connectivity index (χ1v) is 7.93. The second kappa shape index (κ2) is 8.96. The molecule has 1 rings (SSSR count). The fraction of sp³-hybridized carbons (Fsp3) is 0.706. The smallest absolute Gasteiger partial charge is 0.128 e. The van der Waals surface area contributed by atoms with Crippen molar-refractivity contribution >= 4 is 5.82 Å². The van der Waals surface area contributed by atoms with Gasteiger partial charge in [-0.05, 0) is 36.4 Å². The molecule has 0 bridgehead atoms. The highest BCUT2D eigenvalue weighted by Crippen LogP contribution is 2.15. The van der Waals surface area contributed by atoms with Crippen LogP contribution in [0.5, 0.6) is 0 Å². The second-order valence-electron chi connectivity index (χ2n) is 6.39. The van der Waals surface area contributed by atoms with Gasteiger partial charge >= 0.3 is 0 Å². The normalized spacial score (nSPS) is 11.3. The van der Waals surface area contributed by atoms with Crippen molar-refractivity contribution in [1.82, 2.24) is 10.3 Å².